The number of hydrogen-bond donors (Lipinski definition) is 1. The van der Waals surface area contributed by atoms with Crippen molar-refractivity contribution in [3.8, 4) is 17.2 Å². The van der Waals surface area contributed by atoms with Gasteiger partial charge in [-0.15, -0.1) is 0 Å². The van der Waals surface area contributed by atoms with E-state index in [-0.39, 0.29) is 22.9 Å². The van der Waals surface area contributed by atoms with E-state index in [0.717, 1.165) is 15.2 Å². The van der Waals surface area contributed by atoms with Gasteiger partial charge in [-0.1, -0.05) is 53.5 Å². The molecule has 0 aliphatic carbocycles. The van der Waals surface area contributed by atoms with Crippen LogP contribution in [-0.2, 0) is 4.79 Å². The molecule has 0 aliphatic rings. The van der Waals surface area contributed by atoms with Gasteiger partial charge in [0, 0.05) is 5.02 Å². The van der Waals surface area contributed by atoms with E-state index in [0.29, 0.717) is 28.7 Å². The number of esters is 1. The number of hydrazone groups is 1. The average Bonchev–Trinajstić information content (AvgIpc) is 2.90. The van der Waals surface area contributed by atoms with Crippen molar-refractivity contribution in [2.24, 2.45) is 5.10 Å². The molecule has 0 bridgehead atoms. The highest BCUT2D eigenvalue weighted by Crippen LogP contribution is 2.33. The fraction of sp³-hybridized carbons (Fsp3) is 0.107. The molecule has 0 unspecified atom stereocenters. The molecule has 0 atom stereocenters. The van der Waals surface area contributed by atoms with Crippen molar-refractivity contribution >= 4 is 68.0 Å². The molecule has 1 N–H and O–H groups in total. The largest absolute Gasteiger partial charge is 0.490 e. The Hall–Kier alpha value is -3.59. The van der Waals surface area contributed by atoms with Gasteiger partial charge in [-0.3, -0.25) is 4.79 Å². The predicted molar refractivity (Wildman–Crippen MR) is 152 cm³/mol. The Kier molecular flexibility index (Phi) is 9.23. The molecule has 194 valence electrons. The first-order valence-electron chi connectivity index (χ1n) is 11.4. The third-order valence-corrected chi connectivity index (χ3v) is 6.58. The van der Waals surface area contributed by atoms with Crippen molar-refractivity contribution in [1.82, 2.24) is 5.43 Å². The average molecular weight is 616 g/mol. The topological polar surface area (TPSA) is 86.2 Å². The fourth-order valence-electron chi connectivity index (χ4n) is 3.45. The SMILES string of the molecule is CCOc1cc(/C=N\NC(=O)COc2ccc3ccccc3c2Br)ccc1OC(=O)c1ccc(Cl)cc1Cl. The molecule has 0 saturated carbocycles. The summed E-state index contributed by atoms with van der Waals surface area (Å²) in [6.07, 6.45) is 1.44. The van der Waals surface area contributed by atoms with Crippen LogP contribution in [0.3, 0.4) is 0 Å². The Labute approximate surface area is 237 Å². The molecule has 38 heavy (non-hydrogen) atoms. The molecule has 0 aromatic heterocycles. The molecule has 0 fully saturated rings. The number of benzene rings is 4. The molecular formula is C28H21BrCl2N2O5. The minimum atomic E-state index is -0.653. The van der Waals surface area contributed by atoms with Crippen molar-refractivity contribution in [3.63, 3.8) is 0 Å². The van der Waals surface area contributed by atoms with Crippen molar-refractivity contribution in [1.29, 1.82) is 0 Å². The van der Waals surface area contributed by atoms with Gasteiger partial charge in [0.1, 0.15) is 5.75 Å². The van der Waals surface area contributed by atoms with Crippen LogP contribution in [0.4, 0.5) is 0 Å². The van der Waals surface area contributed by atoms with Crippen molar-refractivity contribution in [2.45, 2.75) is 6.92 Å². The highest BCUT2D eigenvalue weighted by atomic mass is 79.9. The second kappa shape index (κ2) is 12.8. The summed E-state index contributed by atoms with van der Waals surface area (Å²) in [5.74, 6) is -0.00518. The molecular weight excluding hydrogens is 595 g/mol. The van der Waals surface area contributed by atoms with Crippen LogP contribution in [0, 0.1) is 0 Å². The standard InChI is InChI=1S/C28H21BrCl2N2O5/c1-2-36-25-13-17(7-11-23(25)38-28(35)21-10-9-19(30)14-22(21)31)15-32-33-26(34)16-37-24-12-8-18-5-3-4-6-20(18)27(24)29/h3-15H,2,16H2,1H3,(H,33,34)/b32-15-. The number of carbonyl (C=O) groups is 2. The van der Waals surface area contributed by atoms with E-state index in [1.165, 1.54) is 18.3 Å². The predicted octanol–water partition coefficient (Wildman–Crippen LogP) is 7.06. The monoisotopic (exact) mass is 614 g/mol. The lowest BCUT2D eigenvalue weighted by Crippen LogP contribution is -2.24. The van der Waals surface area contributed by atoms with Crippen LogP contribution >= 0.6 is 39.1 Å². The van der Waals surface area contributed by atoms with E-state index in [2.05, 4.69) is 26.5 Å². The van der Waals surface area contributed by atoms with Gasteiger partial charge in [0.05, 0.1) is 27.9 Å². The lowest BCUT2D eigenvalue weighted by atomic mass is 10.1. The first-order valence-corrected chi connectivity index (χ1v) is 13.0. The van der Waals surface area contributed by atoms with Gasteiger partial charge in [-0.2, -0.15) is 5.10 Å². The van der Waals surface area contributed by atoms with Gasteiger partial charge >= 0.3 is 5.97 Å². The minimum Gasteiger partial charge on any atom is -0.490 e. The maximum Gasteiger partial charge on any atom is 0.345 e. The third-order valence-electron chi connectivity index (χ3n) is 5.21. The molecule has 4 aromatic carbocycles. The zero-order valence-corrected chi connectivity index (χ0v) is 23.1. The van der Waals surface area contributed by atoms with Gasteiger partial charge < -0.3 is 14.2 Å². The molecule has 0 heterocycles. The maximum atomic E-state index is 12.6. The smallest absolute Gasteiger partial charge is 0.345 e. The Balaban J connectivity index is 1.37. The normalized spacial score (nSPS) is 10.9. The number of carbonyl (C=O) groups excluding carboxylic acids is 2. The summed E-state index contributed by atoms with van der Waals surface area (Å²) < 4.78 is 17.5. The Morgan fingerprint density at radius 3 is 2.53 bits per heavy atom. The molecule has 1 amide bonds. The Morgan fingerprint density at radius 2 is 1.74 bits per heavy atom. The molecule has 0 aliphatic heterocycles. The van der Waals surface area contributed by atoms with E-state index in [1.54, 1.807) is 37.3 Å². The maximum absolute atomic E-state index is 12.6. The van der Waals surface area contributed by atoms with Crippen LogP contribution in [0.1, 0.15) is 22.8 Å². The molecule has 7 nitrogen and oxygen atoms in total. The highest BCUT2D eigenvalue weighted by molar-refractivity contribution is 9.10. The van der Waals surface area contributed by atoms with Gasteiger partial charge in [0.15, 0.2) is 18.1 Å². The first kappa shape index (κ1) is 27.4. The fourth-order valence-corrected chi connectivity index (χ4v) is 4.54. The number of ether oxygens (including phenoxy) is 3. The van der Waals surface area contributed by atoms with Gasteiger partial charge in [-0.05, 0) is 81.7 Å². The summed E-state index contributed by atoms with van der Waals surface area (Å²) in [4.78, 5) is 24.8. The number of amides is 1. The molecule has 4 rings (SSSR count). The van der Waals surface area contributed by atoms with Crippen LogP contribution in [0.25, 0.3) is 10.8 Å². The highest BCUT2D eigenvalue weighted by Gasteiger charge is 2.16. The lowest BCUT2D eigenvalue weighted by molar-refractivity contribution is -0.123. The van der Waals surface area contributed by atoms with E-state index in [9.17, 15) is 9.59 Å². The molecule has 0 saturated heterocycles. The second-order valence-corrected chi connectivity index (χ2v) is 9.47. The van der Waals surface area contributed by atoms with Crippen LogP contribution in [-0.4, -0.2) is 31.3 Å². The summed E-state index contributed by atoms with van der Waals surface area (Å²) in [7, 11) is 0. The molecule has 4 aromatic rings. The quantitative estimate of drug-likeness (QED) is 0.0943. The summed E-state index contributed by atoms with van der Waals surface area (Å²) in [5.41, 5.74) is 3.21. The Bertz CT molecular complexity index is 1530. The van der Waals surface area contributed by atoms with Crippen molar-refractivity contribution in [2.75, 3.05) is 13.2 Å². The molecule has 0 radical (unpaired) electrons. The minimum absolute atomic E-state index is 0.171. The van der Waals surface area contributed by atoms with Crippen LogP contribution in [0.5, 0.6) is 17.2 Å². The second-order valence-electron chi connectivity index (χ2n) is 7.83. The number of nitrogens with one attached hydrogen (secondary N) is 1. The van der Waals surface area contributed by atoms with E-state index in [1.807, 2.05) is 30.3 Å². The summed E-state index contributed by atoms with van der Waals surface area (Å²) in [6.45, 7) is 1.92. The van der Waals surface area contributed by atoms with Crippen molar-refractivity contribution in [3.05, 3.63) is 98.4 Å². The number of nitrogens with zero attached hydrogens (tertiary/aromatic N) is 1. The lowest BCUT2D eigenvalue weighted by Gasteiger charge is -2.12. The number of fused-ring (bicyclic) bond motifs is 1. The van der Waals surface area contributed by atoms with Gasteiger partial charge in [0.2, 0.25) is 0 Å². The third kappa shape index (κ3) is 6.83. The summed E-state index contributed by atoms with van der Waals surface area (Å²) in [6, 6.07) is 20.9. The van der Waals surface area contributed by atoms with E-state index >= 15 is 0 Å². The number of rotatable bonds is 9. The van der Waals surface area contributed by atoms with E-state index < -0.39 is 11.9 Å². The summed E-state index contributed by atoms with van der Waals surface area (Å²) in [5, 5.41) is 6.60. The van der Waals surface area contributed by atoms with Gasteiger partial charge in [0.25, 0.3) is 5.91 Å². The first-order chi connectivity index (χ1) is 18.4. The summed E-state index contributed by atoms with van der Waals surface area (Å²) >= 11 is 15.5. The zero-order chi connectivity index (χ0) is 27.1. The van der Waals surface area contributed by atoms with Crippen LogP contribution in [0.15, 0.2) is 82.4 Å². The molecule has 10 heteroatoms. The molecule has 0 spiro atoms. The zero-order valence-electron chi connectivity index (χ0n) is 20.0. The van der Waals surface area contributed by atoms with Crippen molar-refractivity contribution < 1.29 is 23.8 Å². The van der Waals surface area contributed by atoms with Crippen LogP contribution in [0.2, 0.25) is 10.0 Å². The Morgan fingerprint density at radius 1 is 0.947 bits per heavy atom. The van der Waals surface area contributed by atoms with E-state index in [4.69, 9.17) is 37.4 Å². The van der Waals surface area contributed by atoms with Crippen LogP contribution < -0.4 is 19.6 Å². The number of halogens is 3. The number of hydrogen-bond acceptors (Lipinski definition) is 6. The van der Waals surface area contributed by atoms with Gasteiger partial charge in [-0.25, -0.2) is 10.2 Å².